The first-order valence-corrected chi connectivity index (χ1v) is 3.07. The summed E-state index contributed by atoms with van der Waals surface area (Å²) in [6.45, 7) is 1.83. The molecule has 0 aliphatic heterocycles. The number of nitrogens with two attached hydrogens (primary N) is 1. The van der Waals surface area contributed by atoms with Gasteiger partial charge in [-0.25, -0.2) is 0 Å². The zero-order valence-corrected chi connectivity index (χ0v) is 5.91. The van der Waals surface area contributed by atoms with Crippen molar-refractivity contribution in [2.45, 2.75) is 25.9 Å². The topological polar surface area (TPSA) is 94.8 Å². The van der Waals surface area contributed by atoms with E-state index >= 15 is 0 Å². The molecule has 0 aromatic carbocycles. The molecule has 0 aliphatic carbocycles. The highest BCUT2D eigenvalue weighted by molar-refractivity contribution is 5.79. The number of nitrogens with zero attached hydrogens (tertiary/aromatic N) is 2. The average molecular weight is 144 g/mol. The van der Waals surface area contributed by atoms with Gasteiger partial charge in [-0.15, -0.1) is 5.11 Å². The molecule has 0 rings (SSSR count). The molecule has 10 heavy (non-hydrogen) atoms. The molecule has 0 heterocycles. The maximum absolute atomic E-state index is 8.97. The van der Waals surface area contributed by atoms with Crippen molar-refractivity contribution in [1.82, 2.24) is 0 Å². The summed E-state index contributed by atoms with van der Waals surface area (Å²) in [5.41, 5.74) is 0. The lowest BCUT2D eigenvalue weighted by atomic mass is 10.2. The van der Waals surface area contributed by atoms with E-state index in [4.69, 9.17) is 10.5 Å². The van der Waals surface area contributed by atoms with Gasteiger partial charge >= 0.3 is 0 Å². The van der Waals surface area contributed by atoms with Crippen molar-refractivity contribution in [2.24, 2.45) is 16.2 Å². The summed E-state index contributed by atoms with van der Waals surface area (Å²) in [6.07, 6.45) is 0.331. The molecule has 1 unspecified atom stereocenters. The molecule has 0 aromatic heterocycles. The van der Waals surface area contributed by atoms with Gasteiger partial charge in [0.05, 0.1) is 6.10 Å². The van der Waals surface area contributed by atoms with E-state index in [0.29, 0.717) is 6.42 Å². The number of rotatable bonds is 3. The Hall–Kier alpha value is -0.970. The molecule has 0 amide bonds. The van der Waals surface area contributed by atoms with Crippen LogP contribution in [0.2, 0.25) is 0 Å². The second kappa shape index (κ2) is 4.87. The second-order valence-electron chi connectivity index (χ2n) is 1.93. The van der Waals surface area contributed by atoms with E-state index in [1.807, 2.05) is 6.92 Å². The fourth-order valence-corrected chi connectivity index (χ4v) is 0.478. The van der Waals surface area contributed by atoms with Gasteiger partial charge in [-0.1, -0.05) is 12.1 Å². The van der Waals surface area contributed by atoms with E-state index < -0.39 is 6.10 Å². The third kappa shape index (κ3) is 3.96. The van der Waals surface area contributed by atoms with Crippen molar-refractivity contribution in [2.75, 3.05) is 0 Å². The molecule has 1 atom stereocenters. The predicted octanol–water partition coefficient (Wildman–Crippen LogP) is 0.451. The van der Waals surface area contributed by atoms with Gasteiger partial charge in [-0.2, -0.15) is 0 Å². The molecule has 5 nitrogen and oxygen atoms in total. The van der Waals surface area contributed by atoms with E-state index in [1.54, 1.807) is 0 Å². The minimum atomic E-state index is -0.502. The molecule has 0 saturated heterocycles. The molecule has 58 valence electrons. The fraction of sp³-hybridized carbons (Fsp3) is 0.800. The van der Waals surface area contributed by atoms with E-state index in [1.165, 1.54) is 0 Å². The van der Waals surface area contributed by atoms with Crippen LogP contribution in [0.15, 0.2) is 10.3 Å². The summed E-state index contributed by atoms with van der Waals surface area (Å²) < 4.78 is 0. The van der Waals surface area contributed by atoms with E-state index in [0.717, 1.165) is 0 Å². The van der Waals surface area contributed by atoms with Crippen LogP contribution < -0.4 is 5.84 Å². The van der Waals surface area contributed by atoms with E-state index in [2.05, 4.69) is 16.2 Å². The van der Waals surface area contributed by atoms with Gasteiger partial charge in [0.15, 0.2) is 0 Å². The number of aliphatic hydroxyl groups excluding tert-OH is 1. The van der Waals surface area contributed by atoms with Crippen molar-refractivity contribution < 1.29 is 5.11 Å². The maximum Gasteiger partial charge on any atom is 0.147 e. The average Bonchev–Trinajstić information content (AvgIpc) is 1.88. The molecular weight excluding hydrogens is 132 g/mol. The van der Waals surface area contributed by atoms with Gasteiger partial charge in [0, 0.05) is 6.42 Å². The Morgan fingerprint density at radius 1 is 1.80 bits per heavy atom. The smallest absolute Gasteiger partial charge is 0.147 e. The quantitative estimate of drug-likeness (QED) is 0.176. The Balaban J connectivity index is 3.57. The lowest BCUT2D eigenvalue weighted by molar-refractivity contribution is 0.178. The molecule has 0 spiro atoms. The monoisotopic (exact) mass is 144 g/mol. The molecule has 0 saturated carbocycles. The largest absolute Gasteiger partial charge is 0.393 e. The third-order valence-corrected chi connectivity index (χ3v) is 1.08. The Morgan fingerprint density at radius 2 is 2.40 bits per heavy atom. The van der Waals surface area contributed by atoms with Crippen LogP contribution in [0.4, 0.5) is 0 Å². The lowest BCUT2D eigenvalue weighted by Crippen LogP contribution is -2.09. The van der Waals surface area contributed by atoms with E-state index in [-0.39, 0.29) is 12.3 Å². The normalized spacial score (nSPS) is 13.8. The highest BCUT2D eigenvalue weighted by atomic mass is 16.3. The summed E-state index contributed by atoms with van der Waals surface area (Å²) in [6, 6.07) is 0. The number of hydrogen-bond donors (Lipinski definition) is 3. The lowest BCUT2D eigenvalue weighted by Gasteiger charge is -2.02. The van der Waals surface area contributed by atoms with Crippen LogP contribution in [-0.2, 0) is 0 Å². The van der Waals surface area contributed by atoms with Gasteiger partial charge in [0.1, 0.15) is 5.84 Å². The van der Waals surface area contributed by atoms with Crippen LogP contribution in [0.1, 0.15) is 19.8 Å². The van der Waals surface area contributed by atoms with Gasteiger partial charge in [-0.3, -0.25) is 5.41 Å². The summed E-state index contributed by atoms with van der Waals surface area (Å²) >= 11 is 0. The second-order valence-corrected chi connectivity index (χ2v) is 1.93. The first-order valence-electron chi connectivity index (χ1n) is 3.07. The Labute approximate surface area is 59.4 Å². The van der Waals surface area contributed by atoms with Crippen LogP contribution in [-0.4, -0.2) is 17.0 Å². The summed E-state index contributed by atoms with van der Waals surface area (Å²) in [7, 11) is 0. The van der Waals surface area contributed by atoms with Crippen molar-refractivity contribution in [3.05, 3.63) is 0 Å². The maximum atomic E-state index is 8.97. The summed E-state index contributed by atoms with van der Waals surface area (Å²) in [5.74, 6) is 4.69. The van der Waals surface area contributed by atoms with Gasteiger partial charge < -0.3 is 10.9 Å². The van der Waals surface area contributed by atoms with Crippen LogP contribution in [0.3, 0.4) is 0 Å². The molecule has 0 aliphatic rings. The van der Waals surface area contributed by atoms with Crippen LogP contribution in [0, 0.1) is 5.41 Å². The SMILES string of the molecule is CCC(O)CC(=N)/N=N\N. The van der Waals surface area contributed by atoms with Crippen molar-refractivity contribution >= 4 is 5.84 Å². The Morgan fingerprint density at radius 3 is 2.80 bits per heavy atom. The predicted molar refractivity (Wildman–Crippen MR) is 37.7 cm³/mol. The highest BCUT2D eigenvalue weighted by Gasteiger charge is 2.03. The summed E-state index contributed by atoms with van der Waals surface area (Å²) in [5, 5.41) is 22.1. The number of aliphatic hydroxyl groups is 1. The minimum Gasteiger partial charge on any atom is -0.393 e. The van der Waals surface area contributed by atoms with Crippen LogP contribution in [0.5, 0.6) is 0 Å². The molecular formula is C5H12N4O. The molecule has 0 fully saturated rings. The van der Waals surface area contributed by atoms with Crippen molar-refractivity contribution in [1.29, 1.82) is 5.41 Å². The summed E-state index contributed by atoms with van der Waals surface area (Å²) in [4.78, 5) is 0. The first-order chi connectivity index (χ1) is 4.70. The number of nitrogens with one attached hydrogen (secondary N) is 1. The molecule has 5 heteroatoms. The minimum absolute atomic E-state index is 0.0110. The fourth-order valence-electron chi connectivity index (χ4n) is 0.478. The number of hydrogen-bond acceptors (Lipinski definition) is 3. The zero-order valence-electron chi connectivity index (χ0n) is 5.91. The van der Waals surface area contributed by atoms with Crippen LogP contribution in [0.25, 0.3) is 0 Å². The standard InChI is InChI=1S/C5H12N4O/c1-2-4(10)3-5(6)8-9-7/h4,10H,2-3H2,1H3,(H3,6,7,8). The van der Waals surface area contributed by atoms with Gasteiger partial charge in [0.2, 0.25) is 0 Å². The van der Waals surface area contributed by atoms with Gasteiger partial charge in [0.25, 0.3) is 0 Å². The first kappa shape index (κ1) is 9.03. The number of amidine groups is 1. The molecule has 0 bridgehead atoms. The van der Waals surface area contributed by atoms with Crippen molar-refractivity contribution in [3.63, 3.8) is 0 Å². The molecule has 4 N–H and O–H groups in total. The van der Waals surface area contributed by atoms with Gasteiger partial charge in [-0.05, 0) is 6.42 Å². The van der Waals surface area contributed by atoms with Crippen LogP contribution >= 0.6 is 0 Å². The molecule has 0 radical (unpaired) electrons. The highest BCUT2D eigenvalue weighted by Crippen LogP contribution is 1.98. The van der Waals surface area contributed by atoms with E-state index in [9.17, 15) is 0 Å². The molecule has 0 aromatic rings. The third-order valence-electron chi connectivity index (χ3n) is 1.08. The Kier molecular flexibility index (Phi) is 4.39. The van der Waals surface area contributed by atoms with Crippen molar-refractivity contribution in [3.8, 4) is 0 Å². The Bertz CT molecular complexity index is 134. The zero-order chi connectivity index (χ0) is 7.98.